The van der Waals surface area contributed by atoms with E-state index in [1.54, 1.807) is 45.3 Å². The standard InChI is InChI=1S/C74H108N2O4S5.C40H65BO4S2.C6H2Br2N2S/c1-5-9-13-17-21-25-29-33-37-41-49-77-67-59-47-53-81-71(59)69(79-51-43-39-35-31-27-23-19-15-11-7-3)61-55-63(83-73(61)67)57-45-46-58(66-65(57)75-85-76-66)64-56-62-70(80-52-44-40-36-32-28-24-20-16-12-8-4)72-60(48-54-82-72)68(74(62)84-64)78-50-42-38-34-30-26-22-18-14-10-6-2;1-7-9-11-13-15-17-19-21-23-25-28-42-35-32-27-30-46-37(32)36(43-29-26-24-22-20-18-16-14-12-10-8-2)33-31-34(47-38(33)35)41-44-39(3,4)40(5,6)45-41;7-3-1-2-4(8)6-5(3)9-11-10-6/h45-48,53-56H,5-44,49-52H2,1-4H3;27,30-31H,7-26,28-29H2,1-6H3;1-2H. The van der Waals surface area contributed by atoms with Crippen molar-refractivity contribution in [2.45, 2.75) is 466 Å². The minimum absolute atomic E-state index is 0.377. The van der Waals surface area contributed by atoms with Gasteiger partial charge in [-0.15, -0.1) is 68.0 Å². The fourth-order valence-corrected chi connectivity index (χ4v) is 28.2. The average Bonchev–Trinajstić information content (AvgIpc) is 1.59. The fourth-order valence-electron chi connectivity index (χ4n) is 19.8. The van der Waals surface area contributed by atoms with Gasteiger partial charge >= 0.3 is 7.12 Å². The van der Waals surface area contributed by atoms with Gasteiger partial charge in [0.05, 0.1) is 102 Å². The molecule has 0 radical (unpaired) electrons. The smallest absolute Gasteiger partial charge is 0.491 e. The minimum Gasteiger partial charge on any atom is -0.491 e. The largest absolute Gasteiger partial charge is 0.505 e. The highest BCUT2D eigenvalue weighted by atomic mass is 79.9. The lowest BCUT2D eigenvalue weighted by atomic mass is 9.87. The van der Waals surface area contributed by atoms with Gasteiger partial charge in [0.2, 0.25) is 0 Å². The van der Waals surface area contributed by atoms with Gasteiger partial charge in [0.25, 0.3) is 0 Å². The molecule has 0 N–H and O–H groups in total. The molecule has 143 heavy (non-hydrogen) atoms. The summed E-state index contributed by atoms with van der Waals surface area (Å²) in [6.07, 6.45) is 78.8. The van der Waals surface area contributed by atoms with Crippen LogP contribution in [0.5, 0.6) is 34.5 Å². The highest BCUT2D eigenvalue weighted by Crippen LogP contribution is 2.56. The molecule has 14 rings (SSSR count). The number of nitrogens with zero attached hydrogens (tertiary/aromatic N) is 4. The lowest BCUT2D eigenvalue weighted by Crippen LogP contribution is -2.41. The zero-order valence-electron chi connectivity index (χ0n) is 89.3. The Morgan fingerprint density at radius 1 is 0.252 bits per heavy atom. The second kappa shape index (κ2) is 66.2. The van der Waals surface area contributed by atoms with Gasteiger partial charge < -0.3 is 37.7 Å². The van der Waals surface area contributed by atoms with Crippen LogP contribution < -0.4 is 33.2 Å². The third-order valence-electron chi connectivity index (χ3n) is 29.1. The van der Waals surface area contributed by atoms with E-state index < -0.39 is 0 Å². The molecular formula is C120H175BBr2N4O8S8. The lowest BCUT2D eigenvalue weighted by Gasteiger charge is -2.32. The summed E-state index contributed by atoms with van der Waals surface area (Å²) in [5, 5.41) is 13.6. The number of benzene rings is 5. The van der Waals surface area contributed by atoms with Crippen LogP contribution in [-0.4, -0.2) is 75.5 Å². The molecule has 0 atom stereocenters. The topological polar surface area (TPSA) is 125 Å². The van der Waals surface area contributed by atoms with Crippen molar-refractivity contribution >= 4 is 218 Å². The number of fused-ring (bicyclic) bond motifs is 8. The first-order chi connectivity index (χ1) is 70.2. The summed E-state index contributed by atoms with van der Waals surface area (Å²) in [7, 11) is -0.389. The summed E-state index contributed by atoms with van der Waals surface area (Å²) in [4.78, 5) is 2.35. The van der Waals surface area contributed by atoms with Crippen molar-refractivity contribution in [3.05, 3.63) is 85.7 Å². The molecule has 0 aliphatic carbocycles. The van der Waals surface area contributed by atoms with Gasteiger partial charge in [-0.1, -0.05) is 400 Å². The van der Waals surface area contributed by atoms with E-state index in [-0.39, 0.29) is 18.3 Å². The number of ether oxygens (including phenoxy) is 6. The molecule has 0 amide bonds. The van der Waals surface area contributed by atoms with E-state index >= 15 is 0 Å². The molecule has 1 saturated heterocycles. The molecule has 5 aromatic carbocycles. The van der Waals surface area contributed by atoms with Crippen molar-refractivity contribution in [2.75, 3.05) is 39.6 Å². The Morgan fingerprint density at radius 2 is 0.469 bits per heavy atom. The second-order valence-corrected chi connectivity index (χ2v) is 50.1. The van der Waals surface area contributed by atoms with Gasteiger partial charge in [0, 0.05) is 66.9 Å². The molecule has 23 heteroatoms. The molecule has 0 unspecified atom stereocenters. The number of hydrogen-bond acceptors (Lipinski definition) is 20. The second-order valence-electron chi connectivity index (χ2n) is 41.4. The van der Waals surface area contributed by atoms with Crippen LogP contribution in [0.2, 0.25) is 0 Å². The van der Waals surface area contributed by atoms with Crippen molar-refractivity contribution in [1.29, 1.82) is 0 Å². The van der Waals surface area contributed by atoms with Gasteiger partial charge in [-0.25, -0.2) is 0 Å². The molecule has 0 saturated carbocycles. The molecule has 1 aliphatic heterocycles. The van der Waals surface area contributed by atoms with Crippen LogP contribution in [0.1, 0.15) is 454 Å². The molecule has 0 spiro atoms. The van der Waals surface area contributed by atoms with Gasteiger partial charge in [0.15, 0.2) is 0 Å². The number of unbranched alkanes of at least 4 members (excludes halogenated alkanes) is 54. The normalized spacial score (nSPS) is 13.1. The van der Waals surface area contributed by atoms with Crippen molar-refractivity contribution in [2.24, 2.45) is 0 Å². The number of hydrogen-bond donors (Lipinski definition) is 0. The molecule has 1 fully saturated rings. The van der Waals surface area contributed by atoms with E-state index in [2.05, 4.69) is 175 Å². The van der Waals surface area contributed by atoms with E-state index in [1.165, 1.54) is 420 Å². The Hall–Kier alpha value is -4.76. The van der Waals surface area contributed by atoms with Crippen LogP contribution >= 0.6 is 123 Å². The molecule has 1 aliphatic rings. The molecule has 9 heterocycles. The fraction of sp³-hybridized carbons (Fsp3) is 0.650. The third kappa shape index (κ3) is 36.0. The highest BCUT2D eigenvalue weighted by Gasteiger charge is 2.52. The third-order valence-corrected chi connectivity index (χ3v) is 37.7. The Bertz CT molecular complexity index is 5240. The minimum atomic E-state index is -0.389. The van der Waals surface area contributed by atoms with Crippen LogP contribution in [0.15, 0.2) is 85.7 Å². The molecule has 13 aromatic rings. The lowest BCUT2D eigenvalue weighted by molar-refractivity contribution is 0.00578. The van der Waals surface area contributed by atoms with Crippen LogP contribution in [0, 0.1) is 0 Å². The number of thiophene rings is 6. The van der Waals surface area contributed by atoms with E-state index in [9.17, 15) is 0 Å². The molecule has 8 aromatic heterocycles. The maximum absolute atomic E-state index is 6.94. The molecular weight excluding hydrogens is 2050 g/mol. The van der Waals surface area contributed by atoms with E-state index in [1.807, 2.05) is 34.8 Å². The summed E-state index contributed by atoms with van der Waals surface area (Å²) in [6, 6.07) is 22.2. The Labute approximate surface area is 911 Å². The van der Waals surface area contributed by atoms with Gasteiger partial charge in [0.1, 0.15) is 56.6 Å². The average molecular weight is 2230 g/mol. The summed E-state index contributed by atoms with van der Waals surface area (Å²) in [6.45, 7) is 26.7. The van der Waals surface area contributed by atoms with Crippen LogP contribution in [-0.2, 0) is 9.31 Å². The Balaban J connectivity index is 0.000000260. The van der Waals surface area contributed by atoms with Crippen LogP contribution in [0.25, 0.3) is 103 Å². The van der Waals surface area contributed by atoms with E-state index in [4.69, 9.17) is 46.5 Å². The first-order valence-corrected chi connectivity index (χ1v) is 65.2. The van der Waals surface area contributed by atoms with Gasteiger partial charge in [-0.05, 0) is 163 Å². The van der Waals surface area contributed by atoms with Crippen LogP contribution in [0.3, 0.4) is 0 Å². The highest BCUT2D eigenvalue weighted by molar-refractivity contribution is 9.11. The quantitative estimate of drug-likeness (QED) is 0.0266. The first-order valence-electron chi connectivity index (χ1n) is 57.1. The molecule has 0 bridgehead atoms. The van der Waals surface area contributed by atoms with Crippen molar-refractivity contribution in [3.8, 4) is 55.4 Å². The van der Waals surface area contributed by atoms with Gasteiger partial charge in [-0.3, -0.25) is 0 Å². The van der Waals surface area contributed by atoms with E-state index in [0.29, 0.717) is 0 Å². The summed E-state index contributed by atoms with van der Waals surface area (Å²) in [5.74, 6) is 6.05. The summed E-state index contributed by atoms with van der Waals surface area (Å²) < 4.78 is 82.7. The van der Waals surface area contributed by atoms with Crippen LogP contribution in [0.4, 0.5) is 0 Å². The van der Waals surface area contributed by atoms with Crippen molar-refractivity contribution < 1.29 is 37.7 Å². The molecule has 12 nitrogen and oxygen atoms in total. The SMILES string of the molecule is Brc1ccc(Br)c2nsnc12.CCCCCCCCCCCCOc1c2cc(-c3ccc(-c4cc5c(OCCCCCCCCCCCC)c6sccc6c(OCCCCCCCCCCCC)c5s4)c4nsnc34)sc2c(OCCCCCCCCCCCC)c2ccsc12.CCCCCCCCCCCCOc1c2cc(B3OC(C)(C)C(C)(C)O3)sc2c(OCCCCCCCCCCCC)c2ccsc12. The number of rotatable bonds is 75. The predicted molar refractivity (Wildman–Crippen MR) is 640 cm³/mol. The maximum atomic E-state index is 6.94. The van der Waals surface area contributed by atoms with Gasteiger partial charge in [-0.2, -0.15) is 17.5 Å². The monoisotopic (exact) mass is 2220 g/mol. The Kier molecular flexibility index (Phi) is 54.1. The van der Waals surface area contributed by atoms with Crippen molar-refractivity contribution in [1.82, 2.24) is 17.5 Å². The summed E-state index contributed by atoms with van der Waals surface area (Å²) in [5.41, 5.74) is 5.21. The Morgan fingerprint density at radius 3 is 0.720 bits per heavy atom. The maximum Gasteiger partial charge on any atom is 0.505 e. The zero-order chi connectivity index (χ0) is 100. The number of aromatic nitrogens is 4. The molecule has 788 valence electrons. The van der Waals surface area contributed by atoms with Crippen molar-refractivity contribution in [3.63, 3.8) is 0 Å². The van der Waals surface area contributed by atoms with E-state index in [0.717, 1.165) is 180 Å². The zero-order valence-corrected chi connectivity index (χ0v) is 99.0. The predicted octanol–water partition coefficient (Wildman–Crippen LogP) is 43.3. The number of halogens is 2. The first kappa shape index (κ1) is 117. The summed E-state index contributed by atoms with van der Waals surface area (Å²) >= 11 is 20.1.